The number of ether oxygens (including phenoxy) is 2. The molecule has 1 atom stereocenters. The second-order valence-electron chi connectivity index (χ2n) is 7.41. The SMILES string of the molecule is Cc1ccc(Cl)cc1NC(=O)C(=O)N/N=C\c1ccc(OCC(=O)NC[C@@H]2CCCO2)cc1. The third kappa shape index (κ3) is 7.89. The number of benzene rings is 2. The molecule has 0 bridgehead atoms. The molecule has 1 heterocycles. The van der Waals surface area contributed by atoms with Gasteiger partial charge in [-0.3, -0.25) is 14.4 Å². The van der Waals surface area contributed by atoms with Crippen LogP contribution in [0, 0.1) is 6.92 Å². The summed E-state index contributed by atoms with van der Waals surface area (Å²) < 4.78 is 10.9. The van der Waals surface area contributed by atoms with Crippen molar-refractivity contribution in [2.45, 2.75) is 25.9 Å². The highest BCUT2D eigenvalue weighted by atomic mass is 35.5. The van der Waals surface area contributed by atoms with Crippen LogP contribution in [0.15, 0.2) is 47.6 Å². The maximum absolute atomic E-state index is 12.0. The summed E-state index contributed by atoms with van der Waals surface area (Å²) in [6, 6.07) is 11.7. The highest BCUT2D eigenvalue weighted by molar-refractivity contribution is 6.40. The number of hydrazone groups is 1. The number of halogens is 1. The molecule has 3 N–H and O–H groups in total. The van der Waals surface area contributed by atoms with Gasteiger partial charge in [0.2, 0.25) is 0 Å². The van der Waals surface area contributed by atoms with Crippen LogP contribution in [-0.4, -0.2) is 49.8 Å². The summed E-state index contributed by atoms with van der Waals surface area (Å²) in [6.45, 7) is 2.91. The molecule has 2 aromatic rings. The first-order chi connectivity index (χ1) is 15.9. The van der Waals surface area contributed by atoms with Gasteiger partial charge >= 0.3 is 11.8 Å². The van der Waals surface area contributed by atoms with Crippen molar-refractivity contribution in [3.05, 3.63) is 58.6 Å². The Bertz CT molecular complexity index is 1020. The number of aryl methyl sites for hydroxylation is 1. The predicted molar refractivity (Wildman–Crippen MR) is 124 cm³/mol. The molecular formula is C23H25ClN4O5. The van der Waals surface area contributed by atoms with Crippen LogP contribution in [0.3, 0.4) is 0 Å². The molecule has 2 aromatic carbocycles. The largest absolute Gasteiger partial charge is 0.484 e. The van der Waals surface area contributed by atoms with Gasteiger partial charge in [-0.1, -0.05) is 17.7 Å². The molecule has 9 nitrogen and oxygen atoms in total. The molecule has 1 saturated heterocycles. The number of rotatable bonds is 8. The molecule has 0 unspecified atom stereocenters. The first-order valence-corrected chi connectivity index (χ1v) is 10.8. The van der Waals surface area contributed by atoms with E-state index in [-0.39, 0.29) is 18.6 Å². The van der Waals surface area contributed by atoms with Gasteiger partial charge in [0.25, 0.3) is 5.91 Å². The minimum atomic E-state index is -0.917. The minimum absolute atomic E-state index is 0.0834. The van der Waals surface area contributed by atoms with E-state index in [0.29, 0.717) is 28.6 Å². The van der Waals surface area contributed by atoms with Crippen molar-refractivity contribution in [2.24, 2.45) is 5.10 Å². The number of carbonyl (C=O) groups excluding carboxylic acids is 3. The van der Waals surface area contributed by atoms with Gasteiger partial charge in [-0.05, 0) is 67.3 Å². The number of amides is 3. The summed E-state index contributed by atoms with van der Waals surface area (Å²) in [5.74, 6) is -1.48. The van der Waals surface area contributed by atoms with Crippen molar-refractivity contribution in [3.63, 3.8) is 0 Å². The summed E-state index contributed by atoms with van der Waals surface area (Å²) in [5.41, 5.74) is 4.05. The lowest BCUT2D eigenvalue weighted by molar-refractivity contribution is -0.136. The van der Waals surface area contributed by atoms with Crippen LogP contribution in [0.25, 0.3) is 0 Å². The second kappa shape index (κ2) is 12.0. The fourth-order valence-electron chi connectivity index (χ4n) is 3.01. The van der Waals surface area contributed by atoms with Gasteiger partial charge in [0.1, 0.15) is 5.75 Å². The molecular weight excluding hydrogens is 448 g/mol. The molecule has 33 heavy (non-hydrogen) atoms. The third-order valence-electron chi connectivity index (χ3n) is 4.83. The Morgan fingerprint density at radius 2 is 1.97 bits per heavy atom. The summed E-state index contributed by atoms with van der Waals surface area (Å²) in [5, 5.41) is 9.50. The van der Waals surface area contributed by atoms with E-state index in [9.17, 15) is 14.4 Å². The lowest BCUT2D eigenvalue weighted by atomic mass is 10.2. The Morgan fingerprint density at radius 3 is 2.70 bits per heavy atom. The Labute approximate surface area is 196 Å². The Morgan fingerprint density at radius 1 is 1.18 bits per heavy atom. The molecule has 3 amide bonds. The molecule has 174 valence electrons. The molecule has 10 heteroatoms. The average molecular weight is 473 g/mol. The van der Waals surface area contributed by atoms with Gasteiger partial charge in [0, 0.05) is 23.9 Å². The Hall–Kier alpha value is -3.43. The van der Waals surface area contributed by atoms with Gasteiger partial charge in [-0.25, -0.2) is 5.43 Å². The second-order valence-corrected chi connectivity index (χ2v) is 7.85. The first kappa shape index (κ1) is 24.2. The molecule has 1 fully saturated rings. The van der Waals surface area contributed by atoms with Gasteiger partial charge < -0.3 is 20.1 Å². The van der Waals surface area contributed by atoms with Gasteiger partial charge in [-0.2, -0.15) is 5.10 Å². The fourth-order valence-corrected chi connectivity index (χ4v) is 3.18. The normalized spacial score (nSPS) is 15.3. The molecule has 1 aliphatic heterocycles. The van der Waals surface area contributed by atoms with Gasteiger partial charge in [0.05, 0.1) is 12.3 Å². The highest BCUT2D eigenvalue weighted by Gasteiger charge is 2.16. The van der Waals surface area contributed by atoms with Crippen LogP contribution in [-0.2, 0) is 19.1 Å². The quantitative estimate of drug-likeness (QED) is 0.310. The van der Waals surface area contributed by atoms with Crippen molar-refractivity contribution in [1.82, 2.24) is 10.7 Å². The van der Waals surface area contributed by atoms with Crippen LogP contribution in [0.1, 0.15) is 24.0 Å². The van der Waals surface area contributed by atoms with Crippen molar-refractivity contribution in [3.8, 4) is 5.75 Å². The van der Waals surface area contributed by atoms with Crippen LogP contribution in [0.2, 0.25) is 5.02 Å². The fraction of sp³-hybridized carbons (Fsp3) is 0.304. The maximum Gasteiger partial charge on any atom is 0.329 e. The molecule has 0 radical (unpaired) electrons. The standard InChI is InChI=1S/C23H25ClN4O5/c1-15-4-7-17(24)11-20(15)27-22(30)23(31)28-26-12-16-5-8-18(9-6-16)33-14-21(29)25-13-19-3-2-10-32-19/h4-9,11-12,19H,2-3,10,13-14H2,1H3,(H,25,29)(H,27,30)(H,28,31)/b26-12-/t19-/m0/s1. The minimum Gasteiger partial charge on any atom is -0.484 e. The molecule has 0 aromatic heterocycles. The van der Waals surface area contributed by atoms with Crippen LogP contribution in [0.5, 0.6) is 5.75 Å². The average Bonchev–Trinajstić information content (AvgIpc) is 3.33. The van der Waals surface area contributed by atoms with Crippen LogP contribution in [0.4, 0.5) is 5.69 Å². The van der Waals surface area contributed by atoms with E-state index in [4.69, 9.17) is 21.1 Å². The van der Waals surface area contributed by atoms with E-state index in [2.05, 4.69) is 21.2 Å². The number of carbonyl (C=O) groups is 3. The monoisotopic (exact) mass is 472 g/mol. The van der Waals surface area contributed by atoms with Crippen molar-refractivity contribution in [1.29, 1.82) is 0 Å². The molecule has 0 saturated carbocycles. The number of hydrogen-bond donors (Lipinski definition) is 3. The summed E-state index contributed by atoms with van der Waals surface area (Å²) >= 11 is 5.91. The summed E-state index contributed by atoms with van der Waals surface area (Å²) in [7, 11) is 0. The lowest BCUT2D eigenvalue weighted by Crippen LogP contribution is -2.35. The number of anilines is 1. The van der Waals surface area contributed by atoms with E-state index in [0.717, 1.165) is 25.0 Å². The zero-order chi connectivity index (χ0) is 23.6. The van der Waals surface area contributed by atoms with Gasteiger partial charge in [0.15, 0.2) is 6.61 Å². The first-order valence-electron chi connectivity index (χ1n) is 10.4. The Balaban J connectivity index is 1.40. The zero-order valence-corrected chi connectivity index (χ0v) is 18.9. The van der Waals surface area contributed by atoms with E-state index in [1.165, 1.54) is 6.21 Å². The third-order valence-corrected chi connectivity index (χ3v) is 5.07. The zero-order valence-electron chi connectivity index (χ0n) is 18.1. The summed E-state index contributed by atoms with van der Waals surface area (Å²) in [6.07, 6.45) is 3.44. The van der Waals surface area contributed by atoms with Crippen molar-refractivity contribution in [2.75, 3.05) is 25.1 Å². The van der Waals surface area contributed by atoms with E-state index in [1.807, 2.05) is 0 Å². The topological polar surface area (TPSA) is 118 Å². The summed E-state index contributed by atoms with van der Waals surface area (Å²) in [4.78, 5) is 35.8. The predicted octanol–water partition coefficient (Wildman–Crippen LogP) is 2.41. The van der Waals surface area contributed by atoms with E-state index in [1.54, 1.807) is 49.4 Å². The maximum atomic E-state index is 12.0. The molecule has 0 aliphatic carbocycles. The van der Waals surface area contributed by atoms with E-state index < -0.39 is 11.8 Å². The smallest absolute Gasteiger partial charge is 0.329 e. The molecule has 0 spiro atoms. The van der Waals surface area contributed by atoms with E-state index >= 15 is 0 Å². The lowest BCUT2D eigenvalue weighted by Gasteiger charge is -2.11. The number of hydrogen-bond acceptors (Lipinski definition) is 6. The number of nitrogens with zero attached hydrogens (tertiary/aromatic N) is 1. The van der Waals surface area contributed by atoms with Crippen molar-refractivity contribution < 1.29 is 23.9 Å². The number of nitrogens with one attached hydrogen (secondary N) is 3. The molecule has 3 rings (SSSR count). The highest BCUT2D eigenvalue weighted by Crippen LogP contribution is 2.20. The van der Waals surface area contributed by atoms with Gasteiger partial charge in [-0.15, -0.1) is 0 Å². The van der Waals surface area contributed by atoms with Crippen LogP contribution >= 0.6 is 11.6 Å². The van der Waals surface area contributed by atoms with Crippen molar-refractivity contribution >= 4 is 41.2 Å². The molecule has 1 aliphatic rings. The Kier molecular flexibility index (Phi) is 8.79. The van der Waals surface area contributed by atoms with Crippen LogP contribution < -0.4 is 20.8 Å².